The molecular formula is C21H19N5OS. The Bertz CT molecular complexity index is 1130. The van der Waals surface area contributed by atoms with Gasteiger partial charge in [-0.15, -0.1) is 11.3 Å². The average Bonchev–Trinajstić information content (AvgIpc) is 3.16. The van der Waals surface area contributed by atoms with Crippen molar-refractivity contribution < 1.29 is 4.79 Å². The second-order valence-corrected chi connectivity index (χ2v) is 7.48. The second kappa shape index (κ2) is 7.82. The Hall–Kier alpha value is -3.19. The van der Waals surface area contributed by atoms with Crippen LogP contribution in [0, 0.1) is 6.92 Å². The summed E-state index contributed by atoms with van der Waals surface area (Å²) < 4.78 is 0. The van der Waals surface area contributed by atoms with Gasteiger partial charge < -0.3 is 4.90 Å². The van der Waals surface area contributed by atoms with Gasteiger partial charge in [-0.2, -0.15) is 0 Å². The minimum absolute atomic E-state index is 0.0288. The number of aromatic nitrogens is 4. The zero-order valence-electron chi connectivity index (χ0n) is 15.7. The fourth-order valence-electron chi connectivity index (χ4n) is 3.07. The lowest BCUT2D eigenvalue weighted by Crippen LogP contribution is -2.29. The average molecular weight is 389 g/mol. The predicted octanol–water partition coefficient (Wildman–Crippen LogP) is 3.77. The molecule has 6 nitrogen and oxygen atoms in total. The van der Waals surface area contributed by atoms with Gasteiger partial charge >= 0.3 is 0 Å². The van der Waals surface area contributed by atoms with Crippen LogP contribution >= 0.6 is 11.3 Å². The van der Waals surface area contributed by atoms with E-state index in [1.807, 2.05) is 49.8 Å². The Kier molecular flexibility index (Phi) is 5.08. The van der Waals surface area contributed by atoms with Crippen molar-refractivity contribution in [1.82, 2.24) is 24.8 Å². The van der Waals surface area contributed by atoms with Crippen LogP contribution in [0.2, 0.25) is 0 Å². The molecule has 0 N–H and O–H groups in total. The largest absolute Gasteiger partial charge is 0.341 e. The molecule has 0 atom stereocenters. The molecule has 3 aromatic heterocycles. The number of carbonyl (C=O) groups excluding carboxylic acids is 1. The topological polar surface area (TPSA) is 71.9 Å². The maximum atomic E-state index is 13.2. The molecule has 0 unspecified atom stereocenters. The van der Waals surface area contributed by atoms with E-state index in [1.54, 1.807) is 28.6 Å². The number of aryl methyl sites for hydroxylation is 1. The van der Waals surface area contributed by atoms with Crippen LogP contribution in [0.3, 0.4) is 0 Å². The molecule has 0 saturated carbocycles. The summed E-state index contributed by atoms with van der Waals surface area (Å²) in [5.41, 5.74) is 5.76. The molecule has 0 fully saturated rings. The summed E-state index contributed by atoms with van der Waals surface area (Å²) in [6.45, 7) is 2.63. The van der Waals surface area contributed by atoms with Crippen LogP contribution in [0.5, 0.6) is 0 Å². The van der Waals surface area contributed by atoms with E-state index in [0.29, 0.717) is 17.8 Å². The zero-order valence-corrected chi connectivity index (χ0v) is 16.5. The standard InChI is InChI=1S/C21H19N5OS/c1-14-20(28-13-24-14)7-8-26(2)21(27)17-9-19(15-10-22-12-23-11-15)25-18-6-4-3-5-16(17)18/h3-6,9-13H,7-8H2,1-2H3. The second-order valence-electron chi connectivity index (χ2n) is 6.54. The van der Waals surface area contributed by atoms with Gasteiger partial charge in [-0.3, -0.25) is 4.79 Å². The molecule has 140 valence electrons. The third-order valence-corrected chi connectivity index (χ3v) is 5.66. The van der Waals surface area contributed by atoms with Gasteiger partial charge in [0.1, 0.15) is 6.33 Å². The number of amides is 1. The van der Waals surface area contributed by atoms with Gasteiger partial charge in [0.15, 0.2) is 0 Å². The van der Waals surface area contributed by atoms with Crippen LogP contribution in [0.4, 0.5) is 0 Å². The lowest BCUT2D eigenvalue weighted by molar-refractivity contribution is 0.0798. The molecule has 1 aromatic carbocycles. The molecule has 0 bridgehead atoms. The number of hydrogen-bond donors (Lipinski definition) is 0. The molecular weight excluding hydrogens is 370 g/mol. The van der Waals surface area contributed by atoms with Crippen LogP contribution < -0.4 is 0 Å². The molecule has 4 aromatic rings. The molecule has 0 radical (unpaired) electrons. The number of para-hydroxylation sites is 1. The van der Waals surface area contributed by atoms with Crippen LogP contribution in [-0.4, -0.2) is 44.3 Å². The number of thiazole rings is 1. The number of pyridine rings is 1. The number of rotatable bonds is 5. The molecule has 0 aliphatic rings. The van der Waals surface area contributed by atoms with E-state index >= 15 is 0 Å². The van der Waals surface area contributed by atoms with E-state index in [2.05, 4.69) is 19.9 Å². The summed E-state index contributed by atoms with van der Waals surface area (Å²) >= 11 is 1.63. The van der Waals surface area contributed by atoms with Crippen LogP contribution in [0.25, 0.3) is 22.2 Å². The zero-order chi connectivity index (χ0) is 19.5. The summed E-state index contributed by atoms with van der Waals surface area (Å²) in [6, 6.07) is 9.53. The lowest BCUT2D eigenvalue weighted by Gasteiger charge is -2.18. The Morgan fingerprint density at radius 1 is 1.18 bits per heavy atom. The molecule has 7 heteroatoms. The number of hydrogen-bond acceptors (Lipinski definition) is 6. The first-order valence-corrected chi connectivity index (χ1v) is 9.81. The molecule has 0 spiro atoms. The summed E-state index contributed by atoms with van der Waals surface area (Å²) in [7, 11) is 1.83. The SMILES string of the molecule is Cc1ncsc1CCN(C)C(=O)c1cc(-c2cncnc2)nc2ccccc12. The minimum Gasteiger partial charge on any atom is -0.341 e. The Morgan fingerprint density at radius 3 is 2.71 bits per heavy atom. The summed E-state index contributed by atoms with van der Waals surface area (Å²) in [5.74, 6) is -0.0288. The van der Waals surface area contributed by atoms with Crippen molar-refractivity contribution in [3.63, 3.8) is 0 Å². The summed E-state index contributed by atoms with van der Waals surface area (Å²) in [5, 5.41) is 0.842. The van der Waals surface area contributed by atoms with Crippen molar-refractivity contribution >= 4 is 28.1 Å². The van der Waals surface area contributed by atoms with E-state index < -0.39 is 0 Å². The quantitative estimate of drug-likeness (QED) is 0.519. The summed E-state index contributed by atoms with van der Waals surface area (Å²) in [4.78, 5) is 33.3. The number of benzene rings is 1. The number of fused-ring (bicyclic) bond motifs is 1. The van der Waals surface area contributed by atoms with Crippen molar-refractivity contribution in [3.05, 3.63) is 70.7 Å². The molecule has 0 saturated heterocycles. The van der Waals surface area contributed by atoms with Crippen LogP contribution in [0.15, 0.2) is 54.6 Å². The molecule has 0 aliphatic heterocycles. The molecule has 4 rings (SSSR count). The van der Waals surface area contributed by atoms with E-state index in [0.717, 1.165) is 28.6 Å². The first kappa shape index (κ1) is 18.2. The van der Waals surface area contributed by atoms with Crippen molar-refractivity contribution in [1.29, 1.82) is 0 Å². The number of carbonyl (C=O) groups is 1. The van der Waals surface area contributed by atoms with Gasteiger partial charge in [-0.1, -0.05) is 18.2 Å². The highest BCUT2D eigenvalue weighted by Gasteiger charge is 2.18. The smallest absolute Gasteiger partial charge is 0.254 e. The normalized spacial score (nSPS) is 10.9. The highest BCUT2D eigenvalue weighted by atomic mass is 32.1. The number of nitrogens with zero attached hydrogens (tertiary/aromatic N) is 5. The fourth-order valence-corrected chi connectivity index (χ4v) is 3.84. The molecule has 28 heavy (non-hydrogen) atoms. The minimum atomic E-state index is -0.0288. The van der Waals surface area contributed by atoms with E-state index in [4.69, 9.17) is 0 Å². The lowest BCUT2D eigenvalue weighted by atomic mass is 10.0. The maximum Gasteiger partial charge on any atom is 0.254 e. The third kappa shape index (κ3) is 3.61. The van der Waals surface area contributed by atoms with Gasteiger partial charge in [0, 0.05) is 48.2 Å². The summed E-state index contributed by atoms with van der Waals surface area (Å²) in [6.07, 6.45) is 5.68. The van der Waals surface area contributed by atoms with Crippen LogP contribution in [0.1, 0.15) is 20.9 Å². The first-order chi connectivity index (χ1) is 13.6. The first-order valence-electron chi connectivity index (χ1n) is 8.93. The third-order valence-electron chi connectivity index (χ3n) is 4.67. The van der Waals surface area contributed by atoms with Crippen LogP contribution in [-0.2, 0) is 6.42 Å². The van der Waals surface area contributed by atoms with Crippen molar-refractivity contribution in [2.24, 2.45) is 0 Å². The number of likely N-dealkylation sites (N-methyl/N-ethyl adjacent to an activating group) is 1. The van der Waals surface area contributed by atoms with Crippen molar-refractivity contribution in [2.75, 3.05) is 13.6 Å². The fraction of sp³-hybridized carbons (Fsp3) is 0.190. The van der Waals surface area contributed by atoms with E-state index in [9.17, 15) is 4.79 Å². The van der Waals surface area contributed by atoms with Gasteiger partial charge in [-0.25, -0.2) is 19.9 Å². The van der Waals surface area contributed by atoms with Gasteiger partial charge in [-0.05, 0) is 19.1 Å². The van der Waals surface area contributed by atoms with E-state index in [1.165, 1.54) is 11.2 Å². The monoisotopic (exact) mass is 389 g/mol. The van der Waals surface area contributed by atoms with Gasteiger partial charge in [0.2, 0.25) is 0 Å². The van der Waals surface area contributed by atoms with Crippen molar-refractivity contribution in [3.8, 4) is 11.3 Å². The maximum absolute atomic E-state index is 13.2. The van der Waals surface area contributed by atoms with Gasteiger partial charge in [0.25, 0.3) is 5.91 Å². The molecule has 0 aliphatic carbocycles. The molecule has 3 heterocycles. The Morgan fingerprint density at radius 2 is 1.96 bits per heavy atom. The highest BCUT2D eigenvalue weighted by Crippen LogP contribution is 2.25. The Labute approximate surface area is 166 Å². The molecule has 1 amide bonds. The van der Waals surface area contributed by atoms with E-state index in [-0.39, 0.29) is 5.91 Å². The van der Waals surface area contributed by atoms with Gasteiger partial charge in [0.05, 0.1) is 28.0 Å². The van der Waals surface area contributed by atoms with Crippen molar-refractivity contribution in [2.45, 2.75) is 13.3 Å². The highest BCUT2D eigenvalue weighted by molar-refractivity contribution is 7.09. The Balaban J connectivity index is 1.68. The predicted molar refractivity (Wildman–Crippen MR) is 110 cm³/mol.